The molecule has 0 bridgehead atoms. The first-order valence-electron chi connectivity index (χ1n) is 9.83. The number of nitrogens with one attached hydrogen (secondary N) is 1. The largest absolute Gasteiger partial charge is 0.462 e. The van der Waals surface area contributed by atoms with Crippen molar-refractivity contribution in [2.24, 2.45) is 0 Å². The molecular weight excluding hydrogens is 436 g/mol. The second-order valence-electron chi connectivity index (χ2n) is 6.92. The molecule has 1 aliphatic rings. The Morgan fingerprint density at radius 2 is 1.84 bits per heavy atom. The fourth-order valence-corrected chi connectivity index (χ4v) is 4.86. The fourth-order valence-electron chi connectivity index (χ4n) is 3.02. The van der Waals surface area contributed by atoms with Gasteiger partial charge in [-0.2, -0.15) is 0 Å². The van der Waals surface area contributed by atoms with Crippen molar-refractivity contribution in [3.05, 3.63) is 57.9 Å². The predicted octanol–water partition coefficient (Wildman–Crippen LogP) is 4.72. The number of nitrogens with zero attached hydrogens (tertiary/aromatic N) is 1. The highest BCUT2D eigenvalue weighted by molar-refractivity contribution is 7.15. The standard InChI is InChI=1S/C22H20N2O5S2/c1-2-28-22(27)18-15(13-8-9-13)11-30-20(18)24-17(25)10-29-21(26)16-12-31-19(23-16)14-6-4-3-5-7-14/h3-7,11-13H,2,8-10H2,1H3,(H,24,25). The van der Waals surface area contributed by atoms with Crippen LogP contribution in [0, 0.1) is 0 Å². The topological polar surface area (TPSA) is 94.6 Å². The summed E-state index contributed by atoms with van der Waals surface area (Å²) in [5.74, 6) is -1.32. The van der Waals surface area contributed by atoms with Crippen molar-refractivity contribution in [1.82, 2.24) is 4.98 Å². The lowest BCUT2D eigenvalue weighted by molar-refractivity contribution is -0.119. The maximum Gasteiger partial charge on any atom is 0.358 e. The number of thiazole rings is 1. The van der Waals surface area contributed by atoms with Crippen LogP contribution in [-0.4, -0.2) is 36.0 Å². The maximum absolute atomic E-state index is 12.4. The molecule has 4 rings (SSSR count). The summed E-state index contributed by atoms with van der Waals surface area (Å²) < 4.78 is 10.3. The molecule has 1 saturated carbocycles. The Bertz CT molecular complexity index is 1100. The molecule has 7 nitrogen and oxygen atoms in total. The zero-order valence-corrected chi connectivity index (χ0v) is 18.4. The minimum atomic E-state index is -0.677. The normalized spacial score (nSPS) is 12.9. The van der Waals surface area contributed by atoms with E-state index in [9.17, 15) is 14.4 Å². The number of carbonyl (C=O) groups excluding carboxylic acids is 3. The van der Waals surface area contributed by atoms with E-state index in [4.69, 9.17) is 9.47 Å². The van der Waals surface area contributed by atoms with Crippen molar-refractivity contribution >= 4 is 45.5 Å². The number of rotatable bonds is 8. The molecule has 0 unspecified atom stereocenters. The van der Waals surface area contributed by atoms with Crippen LogP contribution in [0.25, 0.3) is 10.6 Å². The van der Waals surface area contributed by atoms with Crippen LogP contribution in [0.15, 0.2) is 41.1 Å². The zero-order chi connectivity index (χ0) is 21.8. The molecule has 1 aliphatic carbocycles. The van der Waals surface area contributed by atoms with Gasteiger partial charge in [-0.25, -0.2) is 14.6 Å². The lowest BCUT2D eigenvalue weighted by atomic mass is 10.1. The summed E-state index contributed by atoms with van der Waals surface area (Å²) in [6, 6.07) is 9.49. The predicted molar refractivity (Wildman–Crippen MR) is 119 cm³/mol. The third-order valence-corrected chi connectivity index (χ3v) is 6.44. The van der Waals surface area contributed by atoms with Crippen LogP contribution in [0.4, 0.5) is 5.00 Å². The zero-order valence-electron chi connectivity index (χ0n) is 16.8. The number of ether oxygens (including phenoxy) is 2. The molecule has 0 aliphatic heterocycles. The van der Waals surface area contributed by atoms with Gasteiger partial charge in [0, 0.05) is 10.9 Å². The Morgan fingerprint density at radius 1 is 1.06 bits per heavy atom. The van der Waals surface area contributed by atoms with Gasteiger partial charge in [0.1, 0.15) is 10.0 Å². The van der Waals surface area contributed by atoms with Crippen LogP contribution < -0.4 is 5.32 Å². The summed E-state index contributed by atoms with van der Waals surface area (Å²) >= 11 is 2.60. The number of aromatic nitrogens is 1. The summed E-state index contributed by atoms with van der Waals surface area (Å²) in [7, 11) is 0. The van der Waals surface area contributed by atoms with Gasteiger partial charge in [0.2, 0.25) is 0 Å². The van der Waals surface area contributed by atoms with Gasteiger partial charge in [-0.05, 0) is 36.6 Å². The van der Waals surface area contributed by atoms with Gasteiger partial charge in [-0.1, -0.05) is 30.3 Å². The molecule has 0 atom stereocenters. The molecule has 1 aromatic carbocycles. The molecule has 160 valence electrons. The van der Waals surface area contributed by atoms with Gasteiger partial charge in [0.05, 0.1) is 12.2 Å². The van der Waals surface area contributed by atoms with Crippen molar-refractivity contribution in [2.75, 3.05) is 18.5 Å². The number of benzene rings is 1. The molecule has 2 aromatic heterocycles. The molecule has 1 amide bonds. The first-order chi connectivity index (χ1) is 15.1. The Balaban J connectivity index is 1.37. The first-order valence-corrected chi connectivity index (χ1v) is 11.6. The van der Waals surface area contributed by atoms with Crippen molar-refractivity contribution in [2.45, 2.75) is 25.7 Å². The summed E-state index contributed by atoms with van der Waals surface area (Å²) in [4.78, 5) is 41.3. The quantitative estimate of drug-likeness (QED) is 0.493. The molecule has 9 heteroatoms. The van der Waals surface area contributed by atoms with Crippen LogP contribution in [0.1, 0.15) is 52.1 Å². The van der Waals surface area contributed by atoms with E-state index in [1.807, 2.05) is 35.7 Å². The van der Waals surface area contributed by atoms with Crippen molar-refractivity contribution in [3.63, 3.8) is 0 Å². The van der Waals surface area contributed by atoms with E-state index in [2.05, 4.69) is 10.3 Å². The molecule has 31 heavy (non-hydrogen) atoms. The summed E-state index contributed by atoms with van der Waals surface area (Å²) in [6.45, 7) is 1.51. The number of esters is 2. The molecule has 2 heterocycles. The number of hydrogen-bond acceptors (Lipinski definition) is 8. The average Bonchev–Trinajstić information content (AvgIpc) is 3.34. The number of thiophene rings is 1. The molecule has 1 fully saturated rings. The van der Waals surface area contributed by atoms with Gasteiger partial charge in [-0.15, -0.1) is 22.7 Å². The van der Waals surface area contributed by atoms with Gasteiger partial charge in [-0.3, -0.25) is 4.79 Å². The molecule has 0 saturated heterocycles. The molecule has 0 spiro atoms. The van der Waals surface area contributed by atoms with E-state index in [-0.39, 0.29) is 12.3 Å². The fraction of sp³-hybridized carbons (Fsp3) is 0.273. The Hall–Kier alpha value is -3.04. The van der Waals surface area contributed by atoms with E-state index in [0.717, 1.165) is 24.0 Å². The third kappa shape index (κ3) is 5.00. The van der Waals surface area contributed by atoms with E-state index in [1.54, 1.807) is 12.3 Å². The average molecular weight is 457 g/mol. The van der Waals surface area contributed by atoms with E-state index in [0.29, 0.717) is 21.5 Å². The highest BCUT2D eigenvalue weighted by Crippen LogP contribution is 2.46. The second kappa shape index (κ2) is 9.40. The Labute approximate surface area is 187 Å². The van der Waals surface area contributed by atoms with Crippen LogP contribution >= 0.6 is 22.7 Å². The van der Waals surface area contributed by atoms with Crippen LogP contribution in [0.5, 0.6) is 0 Å². The number of anilines is 1. The van der Waals surface area contributed by atoms with Gasteiger partial charge < -0.3 is 14.8 Å². The Kier molecular flexibility index (Phi) is 6.43. The number of carbonyl (C=O) groups is 3. The monoisotopic (exact) mass is 456 g/mol. The number of hydrogen-bond donors (Lipinski definition) is 1. The van der Waals surface area contributed by atoms with Crippen LogP contribution in [0.2, 0.25) is 0 Å². The third-order valence-electron chi connectivity index (χ3n) is 4.64. The van der Waals surface area contributed by atoms with Gasteiger partial charge >= 0.3 is 11.9 Å². The van der Waals surface area contributed by atoms with Crippen LogP contribution in [-0.2, 0) is 14.3 Å². The van der Waals surface area contributed by atoms with E-state index < -0.39 is 24.5 Å². The van der Waals surface area contributed by atoms with Crippen molar-refractivity contribution < 1.29 is 23.9 Å². The minimum absolute atomic E-state index is 0.149. The van der Waals surface area contributed by atoms with E-state index >= 15 is 0 Å². The van der Waals surface area contributed by atoms with Gasteiger partial charge in [0.25, 0.3) is 5.91 Å². The van der Waals surface area contributed by atoms with E-state index in [1.165, 1.54) is 22.7 Å². The summed E-state index contributed by atoms with van der Waals surface area (Å²) in [6.07, 6.45) is 2.04. The number of amides is 1. The molecule has 1 N–H and O–H groups in total. The summed E-state index contributed by atoms with van der Waals surface area (Å²) in [5, 5.41) is 7.27. The highest BCUT2D eigenvalue weighted by Gasteiger charge is 2.32. The van der Waals surface area contributed by atoms with Gasteiger partial charge in [0.15, 0.2) is 12.3 Å². The lowest BCUT2D eigenvalue weighted by Gasteiger charge is -2.08. The highest BCUT2D eigenvalue weighted by atomic mass is 32.1. The van der Waals surface area contributed by atoms with Crippen LogP contribution in [0.3, 0.4) is 0 Å². The maximum atomic E-state index is 12.4. The molecule has 3 aromatic rings. The second-order valence-corrected chi connectivity index (χ2v) is 8.66. The summed E-state index contributed by atoms with van der Waals surface area (Å²) in [5.41, 5.74) is 2.36. The SMILES string of the molecule is CCOC(=O)c1c(C2CC2)csc1NC(=O)COC(=O)c1csc(-c2ccccc2)n1. The smallest absolute Gasteiger partial charge is 0.358 e. The van der Waals surface area contributed by atoms with Crippen molar-refractivity contribution in [1.29, 1.82) is 0 Å². The first kappa shape index (κ1) is 21.2. The lowest BCUT2D eigenvalue weighted by Crippen LogP contribution is -2.22. The minimum Gasteiger partial charge on any atom is -0.462 e. The Morgan fingerprint density at radius 3 is 2.55 bits per heavy atom. The van der Waals surface area contributed by atoms with Crippen molar-refractivity contribution in [3.8, 4) is 10.6 Å². The molecule has 0 radical (unpaired) electrons. The molecular formula is C22H20N2O5S2.